The quantitative estimate of drug-likeness (QED) is 0.343. The fourth-order valence-corrected chi connectivity index (χ4v) is 5.49. The molecule has 0 aliphatic heterocycles. The zero-order valence-electron chi connectivity index (χ0n) is 19.5. The van der Waals surface area contributed by atoms with E-state index >= 15 is 0 Å². The van der Waals surface area contributed by atoms with Crippen LogP contribution in [0.4, 0.5) is 0 Å². The number of aromatic nitrogens is 1. The molecule has 6 nitrogen and oxygen atoms in total. The second-order valence-electron chi connectivity index (χ2n) is 9.42. The first kappa shape index (κ1) is 20.8. The van der Waals surface area contributed by atoms with Crippen LogP contribution in [0, 0.1) is 20.8 Å². The smallest absolute Gasteiger partial charge is 0.340 e. The lowest BCUT2D eigenvalue weighted by molar-refractivity contribution is -0.121. The molecule has 0 saturated heterocycles. The highest BCUT2D eigenvalue weighted by Gasteiger charge is 2.26. The van der Waals surface area contributed by atoms with Gasteiger partial charge in [-0.1, -0.05) is 18.2 Å². The van der Waals surface area contributed by atoms with Crippen LogP contribution in [0.2, 0.25) is 0 Å². The molecule has 0 fully saturated rings. The lowest BCUT2D eigenvalue weighted by Crippen LogP contribution is -2.33. The van der Waals surface area contributed by atoms with Crippen molar-refractivity contribution in [2.75, 3.05) is 0 Å². The van der Waals surface area contributed by atoms with Crippen molar-refractivity contribution in [1.82, 2.24) is 10.3 Å². The molecule has 6 heteroatoms. The van der Waals surface area contributed by atoms with Crippen molar-refractivity contribution in [2.45, 2.75) is 52.5 Å². The molecule has 6 rings (SSSR count). The van der Waals surface area contributed by atoms with Gasteiger partial charge in [-0.3, -0.25) is 4.79 Å². The van der Waals surface area contributed by atoms with Gasteiger partial charge >= 0.3 is 5.63 Å². The Bertz CT molecular complexity index is 1670. The zero-order chi connectivity index (χ0) is 23.6. The van der Waals surface area contributed by atoms with Gasteiger partial charge in [0.05, 0.1) is 24.3 Å². The van der Waals surface area contributed by atoms with Crippen LogP contribution in [0.25, 0.3) is 32.8 Å². The van der Waals surface area contributed by atoms with Gasteiger partial charge < -0.3 is 19.1 Å². The lowest BCUT2D eigenvalue weighted by Gasteiger charge is -2.24. The molecule has 3 aromatic heterocycles. The standard InChI is InChI=1S/C28H26N2O4/c1-14-13-33-26-16(3)27-20(11-19(14)26)15(2)21(28(32)34-27)12-24(31)29-23-10-6-8-18-17-7-4-5-9-22(17)30-25(18)23/h4-5,7,9,11,13,23,30H,6,8,10,12H2,1-3H3,(H,29,31)/t23-/m1/s1. The van der Waals surface area contributed by atoms with E-state index in [1.165, 1.54) is 10.9 Å². The topological polar surface area (TPSA) is 88.2 Å². The van der Waals surface area contributed by atoms with Gasteiger partial charge in [0, 0.05) is 32.9 Å². The van der Waals surface area contributed by atoms with Gasteiger partial charge in [-0.2, -0.15) is 0 Å². The molecule has 1 aliphatic rings. The number of aromatic amines is 1. The molecule has 0 bridgehead atoms. The second kappa shape index (κ2) is 7.62. The molecule has 2 aromatic carbocycles. The zero-order valence-corrected chi connectivity index (χ0v) is 19.5. The van der Waals surface area contributed by atoms with Crippen LogP contribution in [0.5, 0.6) is 0 Å². The van der Waals surface area contributed by atoms with Gasteiger partial charge in [-0.25, -0.2) is 4.79 Å². The summed E-state index contributed by atoms with van der Waals surface area (Å²) in [6.07, 6.45) is 4.57. The van der Waals surface area contributed by atoms with Crippen molar-refractivity contribution in [3.05, 3.63) is 80.5 Å². The molecule has 0 unspecified atom stereocenters. The molecule has 34 heavy (non-hydrogen) atoms. The van der Waals surface area contributed by atoms with Crippen molar-refractivity contribution in [2.24, 2.45) is 0 Å². The van der Waals surface area contributed by atoms with Crippen molar-refractivity contribution in [3.63, 3.8) is 0 Å². The highest BCUT2D eigenvalue weighted by atomic mass is 16.4. The van der Waals surface area contributed by atoms with Crippen LogP contribution < -0.4 is 10.9 Å². The summed E-state index contributed by atoms with van der Waals surface area (Å²) in [5, 5.41) is 6.22. The van der Waals surface area contributed by atoms with Gasteiger partial charge in [-0.15, -0.1) is 0 Å². The Hall–Kier alpha value is -3.80. The average Bonchev–Trinajstić information content (AvgIpc) is 3.39. The summed E-state index contributed by atoms with van der Waals surface area (Å²) in [5.74, 6) is -0.177. The van der Waals surface area contributed by atoms with Gasteiger partial charge in [0.25, 0.3) is 0 Å². The lowest BCUT2D eigenvalue weighted by atomic mass is 9.91. The third-order valence-corrected chi connectivity index (χ3v) is 7.32. The molecule has 3 heterocycles. The summed E-state index contributed by atoms with van der Waals surface area (Å²) >= 11 is 0. The third kappa shape index (κ3) is 3.09. The second-order valence-corrected chi connectivity index (χ2v) is 9.42. The molecule has 0 radical (unpaired) electrons. The van der Waals surface area contributed by atoms with E-state index in [0.29, 0.717) is 11.1 Å². The number of nitrogens with one attached hydrogen (secondary N) is 2. The first-order valence-corrected chi connectivity index (χ1v) is 11.7. The van der Waals surface area contributed by atoms with Crippen molar-refractivity contribution in [1.29, 1.82) is 0 Å². The molecule has 0 saturated carbocycles. The van der Waals surface area contributed by atoms with E-state index in [2.05, 4.69) is 22.4 Å². The van der Waals surface area contributed by atoms with E-state index in [4.69, 9.17) is 8.83 Å². The molecule has 2 N–H and O–H groups in total. The van der Waals surface area contributed by atoms with Crippen LogP contribution in [0.3, 0.4) is 0 Å². The molecule has 1 amide bonds. The minimum Gasteiger partial charge on any atom is -0.464 e. The van der Waals surface area contributed by atoms with E-state index in [-0.39, 0.29) is 18.4 Å². The molecule has 5 aromatic rings. The van der Waals surface area contributed by atoms with Crippen molar-refractivity contribution < 1.29 is 13.6 Å². The summed E-state index contributed by atoms with van der Waals surface area (Å²) in [7, 11) is 0. The summed E-state index contributed by atoms with van der Waals surface area (Å²) in [4.78, 5) is 29.5. The minimum atomic E-state index is -0.471. The van der Waals surface area contributed by atoms with E-state index in [1.807, 2.05) is 39.0 Å². The van der Waals surface area contributed by atoms with Crippen LogP contribution in [-0.2, 0) is 17.6 Å². The number of H-pyrrole nitrogens is 1. The highest BCUT2D eigenvalue weighted by molar-refractivity contribution is 6.00. The third-order valence-electron chi connectivity index (χ3n) is 7.32. The van der Waals surface area contributed by atoms with Crippen LogP contribution in [0.15, 0.2) is 50.2 Å². The van der Waals surface area contributed by atoms with Gasteiger partial charge in [0.1, 0.15) is 11.2 Å². The fourth-order valence-electron chi connectivity index (χ4n) is 5.49. The Labute approximate surface area is 195 Å². The number of rotatable bonds is 3. The average molecular weight is 455 g/mol. The Kier molecular flexibility index (Phi) is 4.66. The van der Waals surface area contributed by atoms with E-state index in [9.17, 15) is 9.59 Å². The maximum atomic E-state index is 13.1. The first-order valence-electron chi connectivity index (χ1n) is 11.7. The Balaban J connectivity index is 1.34. The molecule has 1 aliphatic carbocycles. The normalized spacial score (nSPS) is 15.8. The molecular formula is C28H26N2O4. The number of amides is 1. The molecular weight excluding hydrogens is 428 g/mol. The minimum absolute atomic E-state index is 0.0162. The van der Waals surface area contributed by atoms with Gasteiger partial charge in [-0.05, 0) is 68.9 Å². The number of benzene rings is 2. The predicted octanol–water partition coefficient (Wildman–Crippen LogP) is 5.68. The van der Waals surface area contributed by atoms with Crippen LogP contribution in [0.1, 0.15) is 52.4 Å². The summed E-state index contributed by atoms with van der Waals surface area (Å²) < 4.78 is 11.4. The fraction of sp³-hybridized carbons (Fsp3) is 0.286. The number of carbonyl (C=O) groups is 1. The summed E-state index contributed by atoms with van der Waals surface area (Å²) in [6.45, 7) is 5.77. The van der Waals surface area contributed by atoms with E-state index in [1.54, 1.807) is 6.26 Å². The van der Waals surface area contributed by atoms with E-state index in [0.717, 1.165) is 63.5 Å². The van der Waals surface area contributed by atoms with Gasteiger partial charge in [0.2, 0.25) is 5.91 Å². The SMILES string of the molecule is Cc1coc2c(C)c3oc(=O)c(CC(=O)N[C@@H]4CCCc5c4[nH]c4ccccc54)c(C)c3cc12. The number of hydrogen-bond acceptors (Lipinski definition) is 4. The monoisotopic (exact) mass is 454 g/mol. The molecule has 172 valence electrons. The first-order chi connectivity index (χ1) is 16.4. The summed E-state index contributed by atoms with van der Waals surface area (Å²) in [6, 6.07) is 10.2. The van der Waals surface area contributed by atoms with Crippen LogP contribution >= 0.6 is 0 Å². The number of aryl methyl sites for hydroxylation is 4. The van der Waals surface area contributed by atoms with Crippen molar-refractivity contribution in [3.8, 4) is 0 Å². The number of furan rings is 1. The number of para-hydroxylation sites is 1. The Morgan fingerprint density at radius 2 is 1.91 bits per heavy atom. The van der Waals surface area contributed by atoms with Crippen LogP contribution in [-0.4, -0.2) is 10.9 Å². The predicted molar refractivity (Wildman–Crippen MR) is 132 cm³/mol. The molecule has 0 spiro atoms. The number of hydrogen-bond donors (Lipinski definition) is 2. The maximum absolute atomic E-state index is 13.1. The number of carbonyl (C=O) groups excluding carboxylic acids is 1. The van der Waals surface area contributed by atoms with Gasteiger partial charge in [0.15, 0.2) is 0 Å². The highest BCUT2D eigenvalue weighted by Crippen LogP contribution is 2.35. The molecule has 1 atom stereocenters. The Morgan fingerprint density at radius 1 is 1.09 bits per heavy atom. The number of fused-ring (bicyclic) bond motifs is 5. The largest absolute Gasteiger partial charge is 0.464 e. The van der Waals surface area contributed by atoms with Crippen molar-refractivity contribution >= 4 is 38.7 Å². The Morgan fingerprint density at radius 3 is 2.76 bits per heavy atom. The summed E-state index contributed by atoms with van der Waals surface area (Å²) in [5.41, 5.74) is 7.23. The maximum Gasteiger partial charge on any atom is 0.340 e. The van der Waals surface area contributed by atoms with E-state index < -0.39 is 5.63 Å².